The Morgan fingerprint density at radius 3 is 0.375 bits per heavy atom. The fourth-order valence-corrected chi connectivity index (χ4v) is 0. The van der Waals surface area contributed by atoms with Crippen LogP contribution in [0.25, 0.3) is 0 Å². The van der Waals surface area contributed by atoms with Crippen molar-refractivity contribution in [2.45, 2.75) is 0 Å². The van der Waals surface area contributed by atoms with Gasteiger partial charge in [0.2, 0.25) is 0 Å². The van der Waals surface area contributed by atoms with Crippen molar-refractivity contribution >= 4 is 0 Å². The maximum absolute atomic E-state index is 6.50. The van der Waals surface area contributed by atoms with Gasteiger partial charge in [-0.2, -0.15) is 0 Å². The Morgan fingerprint density at radius 2 is 0.375 bits per heavy atom. The first-order valence-electron chi connectivity index (χ1n) is 1.55. The summed E-state index contributed by atoms with van der Waals surface area (Å²) in [6, 6.07) is 0. The van der Waals surface area contributed by atoms with Crippen LogP contribution in [0.15, 0.2) is 0 Å². The SMILES string of the molecule is C#N.C#N.C#N.C#N.C#N.C#N.[Co].[Fe].[Fe].[Ni]. The summed E-state index contributed by atoms with van der Waals surface area (Å²) in [5.74, 6) is 0. The van der Waals surface area contributed by atoms with Crippen LogP contribution in [0.2, 0.25) is 0 Å². The van der Waals surface area contributed by atoms with E-state index in [9.17, 15) is 0 Å². The molecule has 0 rings (SSSR count). The zero-order valence-corrected chi connectivity index (χ0v) is 11.7. The summed E-state index contributed by atoms with van der Waals surface area (Å²) in [4.78, 5) is 0. The number of hydrogen-bond donors (Lipinski definition) is 0. The van der Waals surface area contributed by atoms with Crippen LogP contribution in [-0.2, 0) is 67.4 Å². The molecule has 0 aliphatic carbocycles. The maximum Gasteiger partial charge on any atom is 0.0462 e. The third-order valence-corrected chi connectivity index (χ3v) is 0. The van der Waals surface area contributed by atoms with E-state index < -0.39 is 0 Å². The van der Waals surface area contributed by atoms with Crippen molar-refractivity contribution in [1.82, 2.24) is 0 Å². The molecule has 0 heterocycles. The average molecular weight is 391 g/mol. The van der Waals surface area contributed by atoms with Gasteiger partial charge in [-0.25, -0.2) is 31.6 Å². The van der Waals surface area contributed by atoms with Gasteiger partial charge in [-0.15, -0.1) is 0 Å². The molecule has 0 aromatic rings. The molecule has 0 aromatic carbocycles. The molecule has 0 N–H and O–H groups in total. The van der Waals surface area contributed by atoms with Crippen LogP contribution in [0, 0.1) is 71.0 Å². The Bertz CT molecular complexity index is 106. The number of hydrogen-bond acceptors (Lipinski definition) is 6. The third-order valence-electron chi connectivity index (χ3n) is 0. The largest absolute Gasteiger partial charge is 0.202 e. The molecule has 0 saturated carbocycles. The number of rotatable bonds is 0. The molecule has 0 aromatic heterocycles. The van der Waals surface area contributed by atoms with E-state index in [-0.39, 0.29) is 67.4 Å². The molecular formula is C6H6CoFe2N6Ni. The summed E-state index contributed by atoms with van der Waals surface area (Å²) >= 11 is 0. The Labute approximate surface area is 138 Å². The van der Waals surface area contributed by atoms with E-state index in [1.165, 1.54) is 0 Å². The molecule has 6 nitrogen and oxygen atoms in total. The summed E-state index contributed by atoms with van der Waals surface area (Å²) in [5.41, 5.74) is 0. The summed E-state index contributed by atoms with van der Waals surface area (Å²) in [6.07, 6.45) is 0. The van der Waals surface area contributed by atoms with Crippen LogP contribution in [0.1, 0.15) is 0 Å². The molecule has 0 unspecified atom stereocenters. The van der Waals surface area contributed by atoms with E-state index >= 15 is 0 Å². The van der Waals surface area contributed by atoms with Crippen LogP contribution >= 0.6 is 0 Å². The second-order valence-corrected chi connectivity index (χ2v) is 0. The molecule has 0 aliphatic rings. The van der Waals surface area contributed by atoms with E-state index in [1.54, 1.807) is 0 Å². The zero-order valence-electron chi connectivity index (χ0n) is 7.50. The minimum atomic E-state index is 0. The van der Waals surface area contributed by atoms with Gasteiger partial charge in [0, 0.05) is 107 Å². The van der Waals surface area contributed by atoms with Gasteiger partial charge in [0.25, 0.3) is 0 Å². The van der Waals surface area contributed by atoms with Gasteiger partial charge < -0.3 is 0 Å². The summed E-state index contributed by atoms with van der Waals surface area (Å²) in [6.45, 7) is 21.0. The average Bonchev–Trinajstić information content (AvgIpc) is 2.33. The Morgan fingerprint density at radius 1 is 0.375 bits per heavy atom. The van der Waals surface area contributed by atoms with Crippen molar-refractivity contribution < 1.29 is 67.4 Å². The topological polar surface area (TPSA) is 143 Å². The maximum atomic E-state index is 6.50. The van der Waals surface area contributed by atoms with E-state index in [0.29, 0.717) is 0 Å². The minimum Gasteiger partial charge on any atom is -0.202 e. The van der Waals surface area contributed by atoms with Crippen molar-refractivity contribution in [1.29, 1.82) is 31.6 Å². The van der Waals surface area contributed by atoms with Crippen LogP contribution in [0.4, 0.5) is 0 Å². The summed E-state index contributed by atoms with van der Waals surface area (Å²) in [7, 11) is 0. The number of nitriles is 6. The quantitative estimate of drug-likeness (QED) is 0.560. The molecule has 0 amide bonds. The molecule has 0 aliphatic heterocycles. The molecule has 0 bridgehead atoms. The molecule has 0 saturated heterocycles. The number of nitrogens with zero attached hydrogens (tertiary/aromatic N) is 6. The van der Waals surface area contributed by atoms with Gasteiger partial charge >= 0.3 is 0 Å². The first-order chi connectivity index (χ1) is 6.00. The third kappa shape index (κ3) is 1790. The first kappa shape index (κ1) is 118. The van der Waals surface area contributed by atoms with Gasteiger partial charge in [-0.3, -0.25) is 0 Å². The molecule has 95 valence electrons. The van der Waals surface area contributed by atoms with Gasteiger partial charge in [0.1, 0.15) is 0 Å². The fourth-order valence-electron chi connectivity index (χ4n) is 0. The predicted octanol–water partition coefficient (Wildman–Crippen LogP) is 0.829. The molecule has 16 heavy (non-hydrogen) atoms. The summed E-state index contributed by atoms with van der Waals surface area (Å²) in [5, 5.41) is 39.0. The van der Waals surface area contributed by atoms with Gasteiger partial charge in [-0.05, 0) is 0 Å². The van der Waals surface area contributed by atoms with Crippen molar-refractivity contribution in [2.75, 3.05) is 0 Å². The van der Waals surface area contributed by atoms with Crippen LogP contribution in [-0.4, -0.2) is 0 Å². The van der Waals surface area contributed by atoms with Gasteiger partial charge in [-0.1, -0.05) is 0 Å². The monoisotopic (exact) mass is 391 g/mol. The van der Waals surface area contributed by atoms with E-state index in [4.69, 9.17) is 31.6 Å². The van der Waals surface area contributed by atoms with E-state index in [0.717, 1.165) is 0 Å². The van der Waals surface area contributed by atoms with E-state index in [2.05, 4.69) is 39.4 Å². The van der Waals surface area contributed by atoms with Crippen molar-refractivity contribution in [2.24, 2.45) is 0 Å². The van der Waals surface area contributed by atoms with Gasteiger partial charge in [0.15, 0.2) is 0 Å². The molecule has 0 atom stereocenters. The molecule has 0 spiro atoms. The van der Waals surface area contributed by atoms with Crippen molar-refractivity contribution in [3.63, 3.8) is 0 Å². The Hall–Kier alpha value is -1.02. The van der Waals surface area contributed by atoms with Crippen LogP contribution in [0.5, 0.6) is 0 Å². The van der Waals surface area contributed by atoms with Crippen molar-refractivity contribution in [3.05, 3.63) is 0 Å². The summed E-state index contributed by atoms with van der Waals surface area (Å²) < 4.78 is 0. The normalized spacial score (nSPS) is 0.750. The molecule has 0 fully saturated rings. The molecular weight excluding hydrogens is 385 g/mol. The molecule has 1 radical (unpaired) electrons. The zero-order chi connectivity index (χ0) is 12.0. The first-order valence-corrected chi connectivity index (χ1v) is 1.55. The molecule has 10 heteroatoms. The predicted molar refractivity (Wildman–Crippen MR) is 40.0 cm³/mol. The van der Waals surface area contributed by atoms with Gasteiger partial charge in [0.05, 0.1) is 0 Å². The second kappa shape index (κ2) is 2260. The smallest absolute Gasteiger partial charge is 0.0462 e. The minimum absolute atomic E-state index is 0. The van der Waals surface area contributed by atoms with Crippen LogP contribution in [0.3, 0.4) is 0 Å². The van der Waals surface area contributed by atoms with Crippen molar-refractivity contribution in [3.8, 4) is 39.4 Å². The van der Waals surface area contributed by atoms with E-state index in [1.807, 2.05) is 0 Å². The standard InChI is InChI=1S/6CHN.Co.2Fe.Ni/c6*1-2;;;;/h6*1H;;;;. The van der Waals surface area contributed by atoms with Crippen LogP contribution < -0.4 is 0 Å². The second-order valence-electron chi connectivity index (χ2n) is 0. The fraction of sp³-hybridized carbons (Fsp3) is 0. The Kier molecular flexibility index (Phi) is 16700. The Balaban J connectivity index is -0.00000000321.